The largest absolute Gasteiger partial charge is 0.387 e. The van der Waals surface area contributed by atoms with Crippen molar-refractivity contribution in [1.29, 1.82) is 0 Å². The van der Waals surface area contributed by atoms with E-state index in [4.69, 9.17) is 0 Å². The van der Waals surface area contributed by atoms with Gasteiger partial charge in [-0.05, 0) is 24.8 Å². The average Bonchev–Trinajstić information content (AvgIpc) is 2.36. The second-order valence-electron chi connectivity index (χ2n) is 5.56. The van der Waals surface area contributed by atoms with Gasteiger partial charge in [-0.15, -0.1) is 0 Å². The summed E-state index contributed by atoms with van der Waals surface area (Å²) in [7, 11) is 0. The molecule has 0 fully saturated rings. The first-order valence-electron chi connectivity index (χ1n) is 7.06. The van der Waals surface area contributed by atoms with Gasteiger partial charge < -0.3 is 10.4 Å². The van der Waals surface area contributed by atoms with Crippen LogP contribution in [0.4, 0.5) is 0 Å². The lowest BCUT2D eigenvalue weighted by Crippen LogP contribution is -2.30. The molecular formula is C16H27NO. The molecule has 102 valence electrons. The van der Waals surface area contributed by atoms with Crippen molar-refractivity contribution in [1.82, 2.24) is 5.32 Å². The summed E-state index contributed by atoms with van der Waals surface area (Å²) in [6.07, 6.45) is 3.32. The van der Waals surface area contributed by atoms with Gasteiger partial charge in [0.05, 0.1) is 6.10 Å². The smallest absolute Gasteiger partial charge is 0.0914 e. The first kappa shape index (κ1) is 15.2. The summed E-state index contributed by atoms with van der Waals surface area (Å²) in [5.41, 5.74) is 0.986. The zero-order valence-electron chi connectivity index (χ0n) is 11.9. The zero-order valence-corrected chi connectivity index (χ0v) is 11.9. The lowest BCUT2D eigenvalue weighted by atomic mass is 10.0. The molecule has 0 spiro atoms. The van der Waals surface area contributed by atoms with Gasteiger partial charge in [0.25, 0.3) is 0 Å². The maximum atomic E-state index is 10.0. The molecule has 0 aliphatic heterocycles. The molecule has 1 aromatic carbocycles. The number of rotatable bonds is 8. The van der Waals surface area contributed by atoms with Crippen LogP contribution in [0.3, 0.4) is 0 Å². The third-order valence-corrected chi connectivity index (χ3v) is 3.26. The van der Waals surface area contributed by atoms with E-state index in [1.165, 1.54) is 19.3 Å². The highest BCUT2D eigenvalue weighted by Crippen LogP contribution is 2.12. The van der Waals surface area contributed by atoms with Crippen LogP contribution in [0.5, 0.6) is 0 Å². The minimum absolute atomic E-state index is 0.404. The van der Waals surface area contributed by atoms with Crippen molar-refractivity contribution in [3.63, 3.8) is 0 Å². The van der Waals surface area contributed by atoms with E-state index in [2.05, 4.69) is 26.1 Å². The molecule has 2 atom stereocenters. The highest BCUT2D eigenvalue weighted by Gasteiger charge is 2.08. The van der Waals surface area contributed by atoms with Crippen LogP contribution in [0, 0.1) is 5.92 Å². The van der Waals surface area contributed by atoms with Crippen LogP contribution in [0.25, 0.3) is 0 Å². The van der Waals surface area contributed by atoms with E-state index >= 15 is 0 Å². The van der Waals surface area contributed by atoms with Crippen molar-refractivity contribution in [3.8, 4) is 0 Å². The molecule has 0 bridgehead atoms. The lowest BCUT2D eigenvalue weighted by Gasteiger charge is -2.17. The molecule has 1 rings (SSSR count). The predicted octanol–water partition coefficient (Wildman–Crippen LogP) is 3.52. The quantitative estimate of drug-likeness (QED) is 0.739. The van der Waals surface area contributed by atoms with Crippen molar-refractivity contribution in [2.24, 2.45) is 5.92 Å². The van der Waals surface area contributed by atoms with Gasteiger partial charge in [-0.2, -0.15) is 0 Å². The van der Waals surface area contributed by atoms with Crippen LogP contribution >= 0.6 is 0 Å². The van der Waals surface area contributed by atoms with Gasteiger partial charge >= 0.3 is 0 Å². The molecule has 2 unspecified atom stereocenters. The molecule has 2 N–H and O–H groups in total. The predicted molar refractivity (Wildman–Crippen MR) is 77.6 cm³/mol. The van der Waals surface area contributed by atoms with E-state index in [0.29, 0.717) is 12.6 Å². The van der Waals surface area contributed by atoms with E-state index < -0.39 is 6.10 Å². The molecule has 18 heavy (non-hydrogen) atoms. The Labute approximate surface area is 111 Å². The molecule has 2 nitrogen and oxygen atoms in total. The highest BCUT2D eigenvalue weighted by atomic mass is 16.3. The van der Waals surface area contributed by atoms with Crippen LogP contribution in [-0.4, -0.2) is 17.7 Å². The minimum Gasteiger partial charge on any atom is -0.387 e. The van der Waals surface area contributed by atoms with Crippen molar-refractivity contribution < 1.29 is 5.11 Å². The van der Waals surface area contributed by atoms with Crippen LogP contribution in [0.2, 0.25) is 0 Å². The van der Waals surface area contributed by atoms with Crippen LogP contribution < -0.4 is 5.32 Å². The minimum atomic E-state index is -0.404. The Morgan fingerprint density at radius 2 is 1.72 bits per heavy atom. The van der Waals surface area contributed by atoms with Gasteiger partial charge in [0.2, 0.25) is 0 Å². The molecule has 0 aliphatic carbocycles. The van der Waals surface area contributed by atoms with Crippen LogP contribution in [-0.2, 0) is 0 Å². The van der Waals surface area contributed by atoms with Crippen molar-refractivity contribution in [3.05, 3.63) is 35.9 Å². The summed E-state index contributed by atoms with van der Waals surface area (Å²) in [5, 5.41) is 13.4. The Morgan fingerprint density at radius 3 is 2.33 bits per heavy atom. The van der Waals surface area contributed by atoms with Gasteiger partial charge in [0, 0.05) is 12.6 Å². The Hall–Kier alpha value is -0.860. The normalized spacial score (nSPS) is 14.7. The van der Waals surface area contributed by atoms with Gasteiger partial charge in [0.1, 0.15) is 0 Å². The lowest BCUT2D eigenvalue weighted by molar-refractivity contribution is 0.169. The molecule has 0 radical (unpaired) electrons. The van der Waals surface area contributed by atoms with E-state index in [1.54, 1.807) is 0 Å². The van der Waals surface area contributed by atoms with E-state index in [9.17, 15) is 5.11 Å². The molecule has 0 saturated heterocycles. The SMILES string of the molecule is CC(C)CCCC(C)NCC(O)c1ccccc1. The number of hydrogen-bond donors (Lipinski definition) is 2. The van der Waals surface area contributed by atoms with Gasteiger partial charge in [-0.1, -0.05) is 57.0 Å². The molecule has 0 heterocycles. The Bertz CT molecular complexity index is 310. The van der Waals surface area contributed by atoms with E-state index in [0.717, 1.165) is 11.5 Å². The Balaban J connectivity index is 2.20. The third kappa shape index (κ3) is 6.18. The van der Waals surface area contributed by atoms with Crippen LogP contribution in [0.1, 0.15) is 51.7 Å². The summed E-state index contributed by atoms with van der Waals surface area (Å²) in [5.74, 6) is 0.784. The second-order valence-corrected chi connectivity index (χ2v) is 5.56. The van der Waals surface area contributed by atoms with Gasteiger partial charge in [-0.3, -0.25) is 0 Å². The van der Waals surface area contributed by atoms with E-state index in [-0.39, 0.29) is 0 Å². The number of hydrogen-bond acceptors (Lipinski definition) is 2. The molecule has 1 aromatic rings. The fourth-order valence-electron chi connectivity index (χ4n) is 2.04. The molecule has 0 aliphatic rings. The molecule has 0 amide bonds. The van der Waals surface area contributed by atoms with Crippen LogP contribution in [0.15, 0.2) is 30.3 Å². The summed E-state index contributed by atoms with van der Waals surface area (Å²) in [6, 6.07) is 10.3. The molecule has 0 saturated carbocycles. The number of nitrogens with one attached hydrogen (secondary N) is 1. The summed E-state index contributed by atoms with van der Waals surface area (Å²) < 4.78 is 0. The molecule has 0 aromatic heterocycles. The van der Waals surface area contributed by atoms with Crippen molar-refractivity contribution in [2.75, 3.05) is 6.54 Å². The monoisotopic (exact) mass is 249 g/mol. The summed E-state index contributed by atoms with van der Waals surface area (Å²) >= 11 is 0. The number of aliphatic hydroxyl groups excluding tert-OH is 1. The van der Waals surface area contributed by atoms with Gasteiger partial charge in [-0.25, -0.2) is 0 Å². The van der Waals surface area contributed by atoms with Gasteiger partial charge in [0.15, 0.2) is 0 Å². The van der Waals surface area contributed by atoms with Crippen molar-refractivity contribution in [2.45, 2.75) is 52.2 Å². The maximum absolute atomic E-state index is 10.0. The average molecular weight is 249 g/mol. The number of aliphatic hydroxyl groups is 1. The third-order valence-electron chi connectivity index (χ3n) is 3.26. The topological polar surface area (TPSA) is 32.3 Å². The maximum Gasteiger partial charge on any atom is 0.0914 e. The highest BCUT2D eigenvalue weighted by molar-refractivity contribution is 5.17. The summed E-state index contributed by atoms with van der Waals surface area (Å²) in [4.78, 5) is 0. The standard InChI is InChI=1S/C16H27NO/c1-13(2)8-7-9-14(3)17-12-16(18)15-10-5-4-6-11-15/h4-6,10-11,13-14,16-18H,7-9,12H2,1-3H3. The first-order chi connectivity index (χ1) is 8.59. The molecular weight excluding hydrogens is 222 g/mol. The fourth-order valence-corrected chi connectivity index (χ4v) is 2.04. The second kappa shape index (κ2) is 8.28. The van der Waals surface area contributed by atoms with Crippen molar-refractivity contribution >= 4 is 0 Å². The zero-order chi connectivity index (χ0) is 13.4. The first-order valence-corrected chi connectivity index (χ1v) is 7.06. The number of benzene rings is 1. The Kier molecular flexibility index (Phi) is 6.99. The fraction of sp³-hybridized carbons (Fsp3) is 0.625. The summed E-state index contributed by atoms with van der Waals surface area (Å²) in [6.45, 7) is 7.35. The Morgan fingerprint density at radius 1 is 1.06 bits per heavy atom. The van der Waals surface area contributed by atoms with E-state index in [1.807, 2.05) is 30.3 Å². The molecule has 2 heteroatoms.